The van der Waals surface area contributed by atoms with Crippen LogP contribution in [-0.2, 0) is 12.8 Å². The summed E-state index contributed by atoms with van der Waals surface area (Å²) >= 11 is 0. The molecule has 0 atom stereocenters. The van der Waals surface area contributed by atoms with E-state index in [1.165, 1.54) is 11.1 Å². The van der Waals surface area contributed by atoms with E-state index in [0.717, 1.165) is 48.5 Å². The Morgan fingerprint density at radius 3 is 2.72 bits per heavy atom. The van der Waals surface area contributed by atoms with Crippen LogP contribution in [-0.4, -0.2) is 32.1 Å². The molecule has 1 N–H and O–H groups in total. The number of rotatable bonds is 1. The molecule has 0 fully saturated rings. The van der Waals surface area contributed by atoms with Crippen molar-refractivity contribution in [3.63, 3.8) is 0 Å². The normalized spacial score (nSPS) is 16.0. The Labute approximate surface area is 154 Å². The Balaban J connectivity index is 0.00000182. The average Bonchev–Trinajstić information content (AvgIpc) is 2.85. The lowest BCUT2D eigenvalue weighted by molar-refractivity contribution is 0.0976. The van der Waals surface area contributed by atoms with Crippen LogP contribution in [0.4, 0.5) is 5.69 Å². The minimum Gasteiger partial charge on any atom is -0.490 e. The molecule has 2 heterocycles. The fourth-order valence-electron chi connectivity index (χ4n) is 3.50. The largest absolute Gasteiger partial charge is 0.490 e. The molecule has 25 heavy (non-hydrogen) atoms. The van der Waals surface area contributed by atoms with Gasteiger partial charge in [0.25, 0.3) is 5.91 Å². The maximum Gasteiger partial charge on any atom is 0.258 e. The fraction of sp³-hybridized carbons (Fsp3) is 0.350. The number of nitrogens with one attached hydrogen (secondary N) is 1. The molecule has 2 aliphatic rings. The highest BCUT2D eigenvalue weighted by molar-refractivity contribution is 6.07. The number of carbonyl (C=O) groups excluding carboxylic acids is 1. The third-order valence-corrected chi connectivity index (χ3v) is 4.82. The first-order chi connectivity index (χ1) is 11.7. The number of nitrogens with zero attached hydrogens (tertiary/aromatic N) is 1. The van der Waals surface area contributed by atoms with Gasteiger partial charge in [-0.25, -0.2) is 0 Å². The van der Waals surface area contributed by atoms with Crippen molar-refractivity contribution < 1.29 is 9.53 Å². The van der Waals surface area contributed by atoms with E-state index >= 15 is 0 Å². The van der Waals surface area contributed by atoms with Crippen molar-refractivity contribution in [1.29, 1.82) is 0 Å². The highest BCUT2D eigenvalue weighted by Crippen LogP contribution is 2.33. The van der Waals surface area contributed by atoms with Crippen LogP contribution >= 0.6 is 12.4 Å². The molecule has 0 bridgehead atoms. The van der Waals surface area contributed by atoms with Crippen LogP contribution in [0.1, 0.15) is 27.0 Å². The monoisotopic (exact) mass is 358 g/mol. The topological polar surface area (TPSA) is 41.6 Å². The number of aryl methyl sites for hydroxylation is 1. The van der Waals surface area contributed by atoms with Crippen molar-refractivity contribution in [1.82, 2.24) is 5.32 Å². The number of carbonyl (C=O) groups is 1. The molecule has 0 radical (unpaired) electrons. The van der Waals surface area contributed by atoms with Crippen LogP contribution in [0.25, 0.3) is 0 Å². The van der Waals surface area contributed by atoms with Gasteiger partial charge in [0.05, 0.1) is 12.2 Å². The summed E-state index contributed by atoms with van der Waals surface area (Å²) in [5.41, 5.74) is 5.43. The second-order valence-electron chi connectivity index (χ2n) is 6.51. The number of amides is 1. The summed E-state index contributed by atoms with van der Waals surface area (Å²) in [6, 6.07) is 12.2. The molecule has 4 rings (SSSR count). The number of ether oxygens (including phenoxy) is 1. The number of benzene rings is 2. The summed E-state index contributed by atoms with van der Waals surface area (Å²) in [7, 11) is 0. The zero-order valence-electron chi connectivity index (χ0n) is 14.4. The van der Waals surface area contributed by atoms with E-state index in [4.69, 9.17) is 4.74 Å². The van der Waals surface area contributed by atoms with E-state index in [2.05, 4.69) is 17.4 Å². The van der Waals surface area contributed by atoms with E-state index in [1.54, 1.807) is 0 Å². The quantitative estimate of drug-likeness (QED) is 0.851. The van der Waals surface area contributed by atoms with Gasteiger partial charge in [-0.15, -0.1) is 12.4 Å². The van der Waals surface area contributed by atoms with Crippen molar-refractivity contribution in [3.05, 3.63) is 58.7 Å². The molecule has 132 valence electrons. The first-order valence-electron chi connectivity index (χ1n) is 8.60. The van der Waals surface area contributed by atoms with Crippen molar-refractivity contribution in [2.45, 2.75) is 19.8 Å². The molecule has 2 aromatic rings. The molecule has 5 heteroatoms. The Bertz CT molecular complexity index is 791. The first-order valence-corrected chi connectivity index (χ1v) is 8.60. The maximum absolute atomic E-state index is 13.1. The molecule has 2 aromatic carbocycles. The molecular formula is C20H23ClN2O2. The summed E-state index contributed by atoms with van der Waals surface area (Å²) in [6.07, 6.45) is 2.01. The van der Waals surface area contributed by atoms with Crippen LogP contribution in [0.5, 0.6) is 5.75 Å². The molecule has 0 aromatic heterocycles. The van der Waals surface area contributed by atoms with E-state index in [9.17, 15) is 4.79 Å². The minimum absolute atomic E-state index is 0. The van der Waals surface area contributed by atoms with E-state index < -0.39 is 0 Å². The Morgan fingerprint density at radius 2 is 1.88 bits per heavy atom. The highest BCUT2D eigenvalue weighted by Gasteiger charge is 2.25. The lowest BCUT2D eigenvalue weighted by Crippen LogP contribution is -2.38. The Hall–Kier alpha value is -2.04. The van der Waals surface area contributed by atoms with Gasteiger partial charge in [-0.3, -0.25) is 4.79 Å². The second-order valence-corrected chi connectivity index (χ2v) is 6.51. The summed E-state index contributed by atoms with van der Waals surface area (Å²) in [5, 5.41) is 3.41. The number of fused-ring (bicyclic) bond motifs is 2. The summed E-state index contributed by atoms with van der Waals surface area (Å²) < 4.78 is 5.73. The number of hydrogen-bond donors (Lipinski definition) is 1. The van der Waals surface area contributed by atoms with Gasteiger partial charge in [-0.2, -0.15) is 0 Å². The first kappa shape index (κ1) is 17.8. The van der Waals surface area contributed by atoms with Gasteiger partial charge in [-0.1, -0.05) is 12.1 Å². The predicted molar refractivity (Wildman–Crippen MR) is 102 cm³/mol. The number of hydrogen-bond acceptors (Lipinski definition) is 3. The molecule has 2 aliphatic heterocycles. The fourth-order valence-corrected chi connectivity index (χ4v) is 3.50. The molecule has 0 saturated carbocycles. The maximum atomic E-state index is 13.1. The number of halogens is 1. The zero-order valence-corrected chi connectivity index (χ0v) is 15.2. The van der Waals surface area contributed by atoms with Gasteiger partial charge in [0.1, 0.15) is 12.4 Å². The van der Waals surface area contributed by atoms with Crippen molar-refractivity contribution in [2.75, 3.05) is 31.1 Å². The lowest BCUT2D eigenvalue weighted by Gasteiger charge is -2.30. The van der Waals surface area contributed by atoms with Crippen molar-refractivity contribution >= 4 is 24.0 Å². The van der Waals surface area contributed by atoms with Crippen LogP contribution in [0.2, 0.25) is 0 Å². The van der Waals surface area contributed by atoms with Crippen LogP contribution in [0.3, 0.4) is 0 Å². The molecule has 4 nitrogen and oxygen atoms in total. The SMILES string of the molecule is Cc1ccc2c(c1)OCCN2C(=O)c1ccc2c(c1)CCNCC2.Cl. The molecule has 0 saturated heterocycles. The third-order valence-electron chi connectivity index (χ3n) is 4.82. The van der Waals surface area contributed by atoms with Gasteiger partial charge < -0.3 is 15.0 Å². The Kier molecular flexibility index (Phi) is 5.30. The summed E-state index contributed by atoms with van der Waals surface area (Å²) in [6.45, 7) is 5.15. The summed E-state index contributed by atoms with van der Waals surface area (Å²) in [4.78, 5) is 14.9. The standard InChI is InChI=1S/C20H22N2O2.ClH/c1-14-2-5-18-19(12-14)24-11-10-22(18)20(23)17-4-3-15-6-8-21-9-7-16(15)13-17;/h2-5,12-13,21H,6-11H2,1H3;1H. The van der Waals surface area contributed by atoms with E-state index in [0.29, 0.717) is 13.2 Å². The summed E-state index contributed by atoms with van der Waals surface area (Å²) in [5.74, 6) is 0.858. The lowest BCUT2D eigenvalue weighted by atomic mass is 9.99. The highest BCUT2D eigenvalue weighted by atomic mass is 35.5. The Morgan fingerprint density at radius 1 is 1.08 bits per heavy atom. The van der Waals surface area contributed by atoms with Crippen molar-refractivity contribution in [3.8, 4) is 5.75 Å². The molecule has 1 amide bonds. The van der Waals surface area contributed by atoms with Crippen LogP contribution in [0, 0.1) is 6.92 Å². The average molecular weight is 359 g/mol. The molecule has 0 unspecified atom stereocenters. The van der Waals surface area contributed by atoms with Crippen LogP contribution in [0.15, 0.2) is 36.4 Å². The zero-order chi connectivity index (χ0) is 16.5. The smallest absolute Gasteiger partial charge is 0.258 e. The van der Waals surface area contributed by atoms with Gasteiger partial charge in [0.15, 0.2) is 0 Å². The van der Waals surface area contributed by atoms with Gasteiger partial charge >= 0.3 is 0 Å². The number of anilines is 1. The molecule has 0 aliphatic carbocycles. The third kappa shape index (κ3) is 3.51. The van der Waals surface area contributed by atoms with Gasteiger partial charge in [0, 0.05) is 5.56 Å². The molecular weight excluding hydrogens is 336 g/mol. The van der Waals surface area contributed by atoms with Crippen molar-refractivity contribution in [2.24, 2.45) is 0 Å². The minimum atomic E-state index is 0. The van der Waals surface area contributed by atoms with E-state index in [-0.39, 0.29) is 18.3 Å². The second kappa shape index (κ2) is 7.46. The van der Waals surface area contributed by atoms with Gasteiger partial charge in [-0.05, 0) is 73.8 Å². The van der Waals surface area contributed by atoms with Gasteiger partial charge in [0.2, 0.25) is 0 Å². The van der Waals surface area contributed by atoms with Crippen LogP contribution < -0.4 is 15.0 Å². The van der Waals surface area contributed by atoms with E-state index in [1.807, 2.05) is 36.1 Å². The predicted octanol–water partition coefficient (Wildman–Crippen LogP) is 3.14. The molecule has 0 spiro atoms.